The molecule has 2 saturated heterocycles. The molecule has 0 aliphatic carbocycles. The van der Waals surface area contributed by atoms with Crippen LogP contribution >= 0.6 is 22.9 Å². The van der Waals surface area contributed by atoms with Gasteiger partial charge >= 0.3 is 5.97 Å². The summed E-state index contributed by atoms with van der Waals surface area (Å²) in [6.07, 6.45) is -0.980. The van der Waals surface area contributed by atoms with Crippen LogP contribution in [0.25, 0.3) is 0 Å². The van der Waals surface area contributed by atoms with E-state index < -0.39 is 29.9 Å². The molecule has 2 aromatic carbocycles. The van der Waals surface area contributed by atoms with E-state index >= 15 is 0 Å². The van der Waals surface area contributed by atoms with Gasteiger partial charge in [-0.2, -0.15) is 0 Å². The molecule has 9 heteroatoms. The highest BCUT2D eigenvalue weighted by molar-refractivity contribution is 7.10. The van der Waals surface area contributed by atoms with E-state index in [1.165, 1.54) is 17.4 Å². The molecular weight excluding hydrogens is 464 g/mol. The van der Waals surface area contributed by atoms with Crippen LogP contribution < -0.4 is 9.96 Å². The number of benzene rings is 2. The fourth-order valence-electron chi connectivity index (χ4n) is 4.22. The lowest BCUT2D eigenvalue weighted by molar-refractivity contribution is -0.126. The molecule has 3 unspecified atom stereocenters. The Kier molecular flexibility index (Phi) is 5.65. The van der Waals surface area contributed by atoms with Crippen molar-refractivity contribution in [2.75, 3.05) is 16.6 Å². The van der Waals surface area contributed by atoms with Gasteiger partial charge < -0.3 is 4.74 Å². The lowest BCUT2D eigenvalue weighted by Gasteiger charge is -2.28. The van der Waals surface area contributed by atoms with Gasteiger partial charge in [-0.1, -0.05) is 23.7 Å². The van der Waals surface area contributed by atoms with Gasteiger partial charge in [0.15, 0.2) is 6.10 Å². The van der Waals surface area contributed by atoms with Gasteiger partial charge in [-0.05, 0) is 60.8 Å². The van der Waals surface area contributed by atoms with Crippen molar-refractivity contribution in [3.8, 4) is 0 Å². The number of carbonyl (C=O) groups is 3. The summed E-state index contributed by atoms with van der Waals surface area (Å²) in [4.78, 5) is 47.2. The number of fused-ring (bicyclic) bond motifs is 1. The van der Waals surface area contributed by atoms with Crippen molar-refractivity contribution in [3.63, 3.8) is 0 Å². The average molecular weight is 483 g/mol. The van der Waals surface area contributed by atoms with E-state index in [0.717, 1.165) is 9.78 Å². The smallest absolute Gasteiger partial charge is 0.338 e. The first-order chi connectivity index (χ1) is 16.0. The fraction of sp³-hybridized carbons (Fsp3) is 0.208. The van der Waals surface area contributed by atoms with Gasteiger partial charge in [-0.15, -0.1) is 11.3 Å². The number of hydrogen-bond acceptors (Lipinski definition) is 7. The number of esters is 1. The van der Waals surface area contributed by atoms with Crippen LogP contribution in [-0.4, -0.2) is 30.5 Å². The first kappa shape index (κ1) is 21.6. The number of imide groups is 1. The first-order valence-corrected chi connectivity index (χ1v) is 11.7. The highest BCUT2D eigenvalue weighted by Gasteiger charge is 2.60. The second kappa shape index (κ2) is 8.62. The van der Waals surface area contributed by atoms with Gasteiger partial charge in [-0.3, -0.25) is 14.4 Å². The summed E-state index contributed by atoms with van der Waals surface area (Å²) in [5.74, 6) is -2.09. The molecule has 0 N–H and O–H groups in total. The average Bonchev–Trinajstić information content (AvgIpc) is 3.52. The SMILES string of the molecule is CCOC(=O)c1cccc(N2C(=O)C3ON(c4ccc(Cl)cc4)C(c4cccs4)C3C2=O)c1. The first-order valence-electron chi connectivity index (χ1n) is 10.4. The minimum atomic E-state index is -0.980. The molecule has 3 atom stereocenters. The number of ether oxygens (including phenoxy) is 1. The number of thiophene rings is 1. The Morgan fingerprint density at radius 3 is 2.55 bits per heavy atom. The van der Waals surface area contributed by atoms with Gasteiger partial charge in [0.25, 0.3) is 5.91 Å². The maximum atomic E-state index is 13.6. The molecular formula is C24H19ClN2O5S. The third-order valence-electron chi connectivity index (χ3n) is 5.65. The van der Waals surface area contributed by atoms with Crippen LogP contribution in [0.15, 0.2) is 66.0 Å². The van der Waals surface area contributed by atoms with Crippen LogP contribution in [-0.2, 0) is 19.2 Å². The fourth-order valence-corrected chi connectivity index (χ4v) is 5.19. The summed E-state index contributed by atoms with van der Waals surface area (Å²) in [5, 5.41) is 4.12. The number of anilines is 2. The molecule has 1 aromatic heterocycles. The van der Waals surface area contributed by atoms with E-state index in [2.05, 4.69) is 0 Å². The lowest BCUT2D eigenvalue weighted by atomic mass is 9.95. The molecule has 3 heterocycles. The van der Waals surface area contributed by atoms with Crippen LogP contribution in [0.2, 0.25) is 5.02 Å². The molecule has 168 valence electrons. The maximum Gasteiger partial charge on any atom is 0.338 e. The quantitative estimate of drug-likeness (QED) is 0.390. The van der Waals surface area contributed by atoms with Crippen molar-refractivity contribution in [1.29, 1.82) is 0 Å². The molecule has 7 nitrogen and oxygen atoms in total. The number of hydrogen-bond donors (Lipinski definition) is 0. The maximum absolute atomic E-state index is 13.6. The zero-order chi connectivity index (χ0) is 23.1. The number of carbonyl (C=O) groups excluding carboxylic acids is 3. The van der Waals surface area contributed by atoms with E-state index in [1.807, 2.05) is 17.5 Å². The Balaban J connectivity index is 1.51. The van der Waals surface area contributed by atoms with Crippen LogP contribution in [0.1, 0.15) is 28.2 Å². The van der Waals surface area contributed by atoms with Crippen molar-refractivity contribution in [1.82, 2.24) is 0 Å². The summed E-state index contributed by atoms with van der Waals surface area (Å²) in [7, 11) is 0. The topological polar surface area (TPSA) is 76.2 Å². The molecule has 0 saturated carbocycles. The molecule has 33 heavy (non-hydrogen) atoms. The second-order valence-electron chi connectivity index (χ2n) is 7.60. The van der Waals surface area contributed by atoms with Crippen molar-refractivity contribution in [2.45, 2.75) is 19.1 Å². The van der Waals surface area contributed by atoms with Gasteiger partial charge in [0.2, 0.25) is 5.91 Å². The predicted octanol–water partition coefficient (Wildman–Crippen LogP) is 4.63. The molecule has 0 radical (unpaired) electrons. The molecule has 0 bridgehead atoms. The van der Waals surface area contributed by atoms with Gasteiger partial charge in [0, 0.05) is 9.90 Å². The molecule has 2 aliphatic rings. The Labute approximate surface area is 199 Å². The van der Waals surface area contributed by atoms with Gasteiger partial charge in [-0.25, -0.2) is 14.8 Å². The van der Waals surface area contributed by atoms with Crippen LogP contribution in [0, 0.1) is 5.92 Å². The number of amides is 2. The number of rotatable bonds is 5. The van der Waals surface area contributed by atoms with E-state index in [-0.39, 0.29) is 18.1 Å². The van der Waals surface area contributed by atoms with E-state index in [4.69, 9.17) is 21.2 Å². The molecule has 2 aliphatic heterocycles. The molecule has 5 rings (SSSR count). The van der Waals surface area contributed by atoms with Gasteiger partial charge in [0.05, 0.1) is 23.5 Å². The zero-order valence-electron chi connectivity index (χ0n) is 17.5. The Morgan fingerprint density at radius 1 is 1.06 bits per heavy atom. The summed E-state index contributed by atoms with van der Waals surface area (Å²) in [5.41, 5.74) is 1.28. The van der Waals surface area contributed by atoms with E-state index in [1.54, 1.807) is 54.5 Å². The van der Waals surface area contributed by atoms with Gasteiger partial charge in [0.1, 0.15) is 12.0 Å². The van der Waals surface area contributed by atoms with E-state index in [0.29, 0.717) is 16.4 Å². The van der Waals surface area contributed by atoms with Crippen molar-refractivity contribution in [2.24, 2.45) is 5.92 Å². The Hall–Kier alpha value is -3.20. The van der Waals surface area contributed by atoms with Crippen LogP contribution in [0.5, 0.6) is 0 Å². The highest BCUT2D eigenvalue weighted by atomic mass is 35.5. The lowest BCUT2D eigenvalue weighted by Crippen LogP contribution is -2.37. The van der Waals surface area contributed by atoms with Crippen LogP contribution in [0.3, 0.4) is 0 Å². The number of hydroxylamine groups is 1. The third kappa shape index (κ3) is 3.70. The molecule has 2 amide bonds. The predicted molar refractivity (Wildman–Crippen MR) is 124 cm³/mol. The number of nitrogens with zero attached hydrogens (tertiary/aromatic N) is 2. The van der Waals surface area contributed by atoms with Crippen LogP contribution in [0.4, 0.5) is 11.4 Å². The minimum absolute atomic E-state index is 0.228. The normalized spacial score (nSPS) is 22.1. The monoisotopic (exact) mass is 482 g/mol. The summed E-state index contributed by atoms with van der Waals surface area (Å²) in [6, 6.07) is 16.7. The van der Waals surface area contributed by atoms with Crippen molar-refractivity contribution < 1.29 is 24.0 Å². The Bertz CT molecular complexity index is 1210. The number of halogens is 1. The second-order valence-corrected chi connectivity index (χ2v) is 9.01. The van der Waals surface area contributed by atoms with Crippen molar-refractivity contribution in [3.05, 3.63) is 81.5 Å². The van der Waals surface area contributed by atoms with Crippen molar-refractivity contribution >= 4 is 52.1 Å². The molecule has 0 spiro atoms. The summed E-state index contributed by atoms with van der Waals surface area (Å²) >= 11 is 7.52. The summed E-state index contributed by atoms with van der Waals surface area (Å²) in [6.45, 7) is 1.94. The highest BCUT2D eigenvalue weighted by Crippen LogP contribution is 2.48. The summed E-state index contributed by atoms with van der Waals surface area (Å²) < 4.78 is 5.04. The zero-order valence-corrected chi connectivity index (χ0v) is 19.1. The Morgan fingerprint density at radius 2 is 1.85 bits per heavy atom. The minimum Gasteiger partial charge on any atom is -0.462 e. The largest absolute Gasteiger partial charge is 0.462 e. The standard InChI is InChI=1S/C24H19ClN2O5S/c1-2-31-24(30)14-5-3-6-17(13-14)26-22(28)19-20(18-7-4-12-33-18)27(32-21(19)23(26)29)16-10-8-15(25)9-11-16/h3-13,19-21H,2H2,1H3. The van der Waals surface area contributed by atoms with E-state index in [9.17, 15) is 14.4 Å². The third-order valence-corrected chi connectivity index (χ3v) is 6.84. The molecule has 2 fully saturated rings. The molecule has 3 aromatic rings.